The molecule has 0 N–H and O–H groups in total. The molecule has 178 valence electrons. The summed E-state index contributed by atoms with van der Waals surface area (Å²) in [6.45, 7) is 1.06. The summed E-state index contributed by atoms with van der Waals surface area (Å²) in [7, 11) is 3.21. The van der Waals surface area contributed by atoms with Gasteiger partial charge in [0.25, 0.3) is 11.5 Å². The molecule has 2 aromatic heterocycles. The summed E-state index contributed by atoms with van der Waals surface area (Å²) in [4.78, 5) is 41.0. The highest BCUT2D eigenvalue weighted by Gasteiger charge is 2.30. The van der Waals surface area contributed by atoms with E-state index in [2.05, 4.69) is 0 Å². The minimum absolute atomic E-state index is 0.00110. The van der Waals surface area contributed by atoms with Crippen LogP contribution in [-0.4, -0.2) is 52.2 Å². The number of methoxy groups -OCH3 is 1. The summed E-state index contributed by atoms with van der Waals surface area (Å²) < 4.78 is 14.7. The Morgan fingerprint density at radius 2 is 1.79 bits per heavy atom. The second-order valence-electron chi connectivity index (χ2n) is 9.03. The number of benzene rings is 1. The molecule has 1 amide bonds. The van der Waals surface area contributed by atoms with Crippen LogP contribution in [0, 0.1) is 0 Å². The summed E-state index contributed by atoms with van der Waals surface area (Å²) in [5, 5.41) is 1.00. The van der Waals surface area contributed by atoms with E-state index in [-0.39, 0.29) is 17.6 Å². The zero-order chi connectivity index (χ0) is 23.8. The van der Waals surface area contributed by atoms with Crippen molar-refractivity contribution in [2.45, 2.75) is 44.8 Å². The van der Waals surface area contributed by atoms with Crippen LogP contribution in [0.15, 0.2) is 41.2 Å². The number of carbonyl (C=O) groups is 2. The zero-order valence-corrected chi connectivity index (χ0v) is 19.6. The van der Waals surface area contributed by atoms with Crippen molar-refractivity contribution < 1.29 is 19.1 Å². The normalized spacial score (nSPS) is 16.4. The molecule has 1 aromatic carbocycles. The van der Waals surface area contributed by atoms with Gasteiger partial charge in [-0.3, -0.25) is 9.59 Å². The predicted molar refractivity (Wildman–Crippen MR) is 127 cm³/mol. The van der Waals surface area contributed by atoms with Gasteiger partial charge in [-0.25, -0.2) is 4.79 Å². The number of carbonyl (C=O) groups excluding carboxylic acids is 2. The molecule has 1 aliphatic heterocycles. The number of aromatic nitrogens is 2. The Labute approximate surface area is 197 Å². The van der Waals surface area contributed by atoms with E-state index < -0.39 is 5.97 Å². The van der Waals surface area contributed by atoms with Gasteiger partial charge in [0.1, 0.15) is 17.0 Å². The predicted octanol–water partition coefficient (Wildman–Crippen LogP) is 3.15. The molecule has 1 fully saturated rings. The lowest BCUT2D eigenvalue weighted by atomic mass is 10.1. The van der Waals surface area contributed by atoms with Crippen LogP contribution in [0.4, 0.5) is 0 Å². The van der Waals surface area contributed by atoms with E-state index in [4.69, 9.17) is 9.47 Å². The lowest BCUT2D eigenvalue weighted by Crippen LogP contribution is -2.35. The number of pyridine rings is 1. The van der Waals surface area contributed by atoms with Gasteiger partial charge in [0, 0.05) is 55.8 Å². The minimum Gasteiger partial charge on any atom is -0.489 e. The van der Waals surface area contributed by atoms with Crippen LogP contribution in [0.25, 0.3) is 10.9 Å². The molecular formula is C26H29N3O5. The number of fused-ring (bicyclic) bond motifs is 2. The summed E-state index contributed by atoms with van der Waals surface area (Å²) in [6.07, 6.45) is 4.33. The lowest BCUT2D eigenvalue weighted by molar-refractivity contribution is 0.0590. The fraction of sp³-hybridized carbons (Fsp3) is 0.423. The van der Waals surface area contributed by atoms with Gasteiger partial charge in [-0.15, -0.1) is 0 Å². The molecule has 1 aliphatic carbocycles. The van der Waals surface area contributed by atoms with E-state index in [1.54, 1.807) is 9.47 Å². The first-order valence-corrected chi connectivity index (χ1v) is 11.8. The van der Waals surface area contributed by atoms with Gasteiger partial charge in [-0.05, 0) is 37.8 Å². The third-order valence-electron chi connectivity index (χ3n) is 7.04. The maximum absolute atomic E-state index is 13.5. The maximum Gasteiger partial charge on any atom is 0.343 e. The number of ether oxygens (including phenoxy) is 2. The molecule has 8 nitrogen and oxygen atoms in total. The van der Waals surface area contributed by atoms with E-state index in [0.29, 0.717) is 48.8 Å². The molecule has 5 rings (SSSR count). The quantitative estimate of drug-likeness (QED) is 0.555. The molecule has 1 saturated carbocycles. The fourth-order valence-corrected chi connectivity index (χ4v) is 5.21. The Morgan fingerprint density at radius 3 is 2.53 bits per heavy atom. The van der Waals surface area contributed by atoms with Gasteiger partial charge in [0.15, 0.2) is 0 Å². The van der Waals surface area contributed by atoms with Crippen molar-refractivity contribution >= 4 is 22.8 Å². The Bertz CT molecular complexity index is 1320. The van der Waals surface area contributed by atoms with Gasteiger partial charge < -0.3 is 23.5 Å². The molecule has 0 atom stereocenters. The van der Waals surface area contributed by atoms with Gasteiger partial charge >= 0.3 is 5.97 Å². The first-order chi connectivity index (χ1) is 16.5. The van der Waals surface area contributed by atoms with E-state index in [0.717, 1.165) is 36.6 Å². The number of nitrogens with zero attached hydrogens (tertiary/aromatic N) is 3. The molecular weight excluding hydrogens is 434 g/mol. The monoisotopic (exact) mass is 463 g/mol. The number of rotatable bonds is 4. The Hall–Kier alpha value is -3.55. The van der Waals surface area contributed by atoms with E-state index in [1.807, 2.05) is 41.9 Å². The molecule has 0 unspecified atom stereocenters. The smallest absolute Gasteiger partial charge is 0.343 e. The SMILES string of the molecule is COC(=O)c1c(OC2CCCC2)cc(=O)n2c1CCN(C(=O)c1cc3ccccc3n1C)CC2. The highest BCUT2D eigenvalue weighted by Crippen LogP contribution is 2.29. The van der Waals surface area contributed by atoms with Crippen molar-refractivity contribution in [3.63, 3.8) is 0 Å². The number of amides is 1. The molecule has 3 heterocycles. The average Bonchev–Trinajstić information content (AvgIpc) is 3.40. The van der Waals surface area contributed by atoms with Crippen molar-refractivity contribution in [3.8, 4) is 5.75 Å². The van der Waals surface area contributed by atoms with Crippen molar-refractivity contribution in [1.29, 1.82) is 0 Å². The highest BCUT2D eigenvalue weighted by atomic mass is 16.5. The Balaban J connectivity index is 1.47. The Kier molecular flexibility index (Phi) is 5.89. The van der Waals surface area contributed by atoms with Crippen LogP contribution in [0.1, 0.15) is 52.2 Å². The van der Waals surface area contributed by atoms with Crippen LogP contribution in [0.2, 0.25) is 0 Å². The third kappa shape index (κ3) is 3.87. The van der Waals surface area contributed by atoms with Crippen LogP contribution in [0.3, 0.4) is 0 Å². The van der Waals surface area contributed by atoms with Crippen molar-refractivity contribution in [2.24, 2.45) is 7.05 Å². The average molecular weight is 464 g/mol. The number of hydrogen-bond donors (Lipinski definition) is 0. The fourth-order valence-electron chi connectivity index (χ4n) is 5.21. The van der Waals surface area contributed by atoms with Crippen LogP contribution in [-0.2, 0) is 24.8 Å². The second kappa shape index (κ2) is 9.00. The standard InChI is InChI=1S/C26H29N3O5/c1-27-19-10-6-3-7-17(19)15-21(27)25(31)28-12-11-20-24(26(32)33-2)22(34-18-8-4-5-9-18)16-23(30)29(20)14-13-28/h3,6-7,10,15-16,18H,4-5,8-9,11-14H2,1-2H3. The van der Waals surface area contributed by atoms with Crippen LogP contribution < -0.4 is 10.3 Å². The number of para-hydroxylation sites is 1. The molecule has 34 heavy (non-hydrogen) atoms. The van der Waals surface area contributed by atoms with E-state index in [9.17, 15) is 14.4 Å². The topological polar surface area (TPSA) is 82.8 Å². The molecule has 0 spiro atoms. The number of esters is 1. The van der Waals surface area contributed by atoms with E-state index in [1.165, 1.54) is 13.2 Å². The van der Waals surface area contributed by atoms with Crippen molar-refractivity contribution in [1.82, 2.24) is 14.0 Å². The van der Waals surface area contributed by atoms with E-state index >= 15 is 0 Å². The Morgan fingerprint density at radius 1 is 1.03 bits per heavy atom. The van der Waals surface area contributed by atoms with Crippen LogP contribution >= 0.6 is 0 Å². The molecule has 3 aromatic rings. The minimum atomic E-state index is -0.523. The second-order valence-corrected chi connectivity index (χ2v) is 9.03. The lowest BCUT2D eigenvalue weighted by Gasteiger charge is -2.20. The molecule has 0 saturated heterocycles. The van der Waals surface area contributed by atoms with Gasteiger partial charge in [-0.1, -0.05) is 18.2 Å². The van der Waals surface area contributed by atoms with Crippen LogP contribution in [0.5, 0.6) is 5.75 Å². The molecule has 8 heteroatoms. The summed E-state index contributed by atoms with van der Waals surface area (Å²) in [5.41, 5.74) is 2.22. The largest absolute Gasteiger partial charge is 0.489 e. The summed E-state index contributed by atoms with van der Waals surface area (Å²) in [6, 6.07) is 11.2. The maximum atomic E-state index is 13.5. The molecule has 2 aliphatic rings. The first-order valence-electron chi connectivity index (χ1n) is 11.8. The number of aryl methyl sites for hydroxylation is 1. The van der Waals surface area contributed by atoms with Gasteiger partial charge in [0.05, 0.1) is 13.2 Å². The molecule has 0 radical (unpaired) electrons. The van der Waals surface area contributed by atoms with Crippen molar-refractivity contribution in [3.05, 3.63) is 63.7 Å². The first kappa shape index (κ1) is 22.3. The van der Waals surface area contributed by atoms with Crippen molar-refractivity contribution in [2.75, 3.05) is 20.2 Å². The summed E-state index contributed by atoms with van der Waals surface area (Å²) >= 11 is 0. The van der Waals surface area contributed by atoms with Gasteiger partial charge in [0.2, 0.25) is 0 Å². The number of hydrogen-bond acceptors (Lipinski definition) is 5. The van der Waals surface area contributed by atoms with Gasteiger partial charge in [-0.2, -0.15) is 0 Å². The highest BCUT2D eigenvalue weighted by molar-refractivity contribution is 5.99. The zero-order valence-electron chi connectivity index (χ0n) is 19.6. The third-order valence-corrected chi connectivity index (χ3v) is 7.04. The molecule has 0 bridgehead atoms. The summed E-state index contributed by atoms with van der Waals surface area (Å²) in [5.74, 6) is -0.324.